The largest absolute Gasteiger partial charge is 0.457 e. The lowest BCUT2D eigenvalue weighted by molar-refractivity contribution is -0.114. The van der Waals surface area contributed by atoms with Crippen molar-refractivity contribution in [3.63, 3.8) is 0 Å². The summed E-state index contributed by atoms with van der Waals surface area (Å²) in [5.41, 5.74) is 1.22. The van der Waals surface area contributed by atoms with Crippen molar-refractivity contribution in [2.75, 3.05) is 17.2 Å². The number of hydrogen-bond donors (Lipinski definition) is 2. The number of amides is 1. The van der Waals surface area contributed by atoms with E-state index in [1.54, 1.807) is 36.4 Å². The number of para-hydroxylation sites is 1. The van der Waals surface area contributed by atoms with Crippen LogP contribution in [0.15, 0.2) is 78.9 Å². The second kappa shape index (κ2) is 7.97. The molecule has 4 nitrogen and oxygen atoms in total. The second-order valence-electron chi connectivity index (χ2n) is 5.35. The van der Waals surface area contributed by atoms with Crippen molar-refractivity contribution in [2.45, 2.75) is 0 Å². The van der Waals surface area contributed by atoms with E-state index in [9.17, 15) is 9.18 Å². The number of nitrogens with one attached hydrogen (secondary N) is 2. The summed E-state index contributed by atoms with van der Waals surface area (Å²) in [6.45, 7) is 0.0473. The van der Waals surface area contributed by atoms with Crippen LogP contribution in [-0.2, 0) is 4.79 Å². The Labute approximate surface area is 145 Å². The smallest absolute Gasteiger partial charge is 0.243 e. The quantitative estimate of drug-likeness (QED) is 0.688. The highest BCUT2D eigenvalue weighted by molar-refractivity contribution is 5.93. The molecule has 0 unspecified atom stereocenters. The van der Waals surface area contributed by atoms with Gasteiger partial charge in [0.1, 0.15) is 17.3 Å². The molecule has 1 amide bonds. The zero-order chi connectivity index (χ0) is 17.5. The summed E-state index contributed by atoms with van der Waals surface area (Å²) >= 11 is 0. The van der Waals surface area contributed by atoms with Crippen LogP contribution in [0.5, 0.6) is 11.5 Å². The van der Waals surface area contributed by atoms with Gasteiger partial charge in [-0.1, -0.05) is 24.3 Å². The van der Waals surface area contributed by atoms with Gasteiger partial charge in [0, 0.05) is 11.4 Å². The predicted octanol–water partition coefficient (Wildman–Crippen LogP) is 4.67. The topological polar surface area (TPSA) is 50.4 Å². The number of anilines is 2. The number of benzene rings is 3. The zero-order valence-electron chi connectivity index (χ0n) is 13.4. The molecule has 0 aromatic heterocycles. The molecule has 0 atom stereocenters. The van der Waals surface area contributed by atoms with E-state index in [1.807, 2.05) is 30.3 Å². The fourth-order valence-electron chi connectivity index (χ4n) is 2.22. The molecule has 3 aromatic carbocycles. The van der Waals surface area contributed by atoms with Crippen LogP contribution in [0.2, 0.25) is 0 Å². The van der Waals surface area contributed by atoms with Gasteiger partial charge >= 0.3 is 0 Å². The third kappa shape index (κ3) is 5.07. The molecule has 0 aliphatic rings. The molecule has 0 aliphatic carbocycles. The molecular formula is C20H17FN2O2. The monoisotopic (exact) mass is 336 g/mol. The van der Waals surface area contributed by atoms with E-state index in [1.165, 1.54) is 12.1 Å². The molecule has 5 heteroatoms. The van der Waals surface area contributed by atoms with Gasteiger partial charge in [0.2, 0.25) is 5.91 Å². The maximum Gasteiger partial charge on any atom is 0.243 e. The van der Waals surface area contributed by atoms with E-state index >= 15 is 0 Å². The Bertz CT molecular complexity index is 836. The summed E-state index contributed by atoms with van der Waals surface area (Å²) < 4.78 is 18.8. The van der Waals surface area contributed by atoms with Gasteiger partial charge in [0.05, 0.1) is 6.54 Å². The molecular weight excluding hydrogens is 319 g/mol. The minimum absolute atomic E-state index is 0.0473. The van der Waals surface area contributed by atoms with E-state index in [4.69, 9.17) is 4.74 Å². The first-order valence-electron chi connectivity index (χ1n) is 7.81. The normalized spacial score (nSPS) is 10.1. The van der Waals surface area contributed by atoms with Crippen LogP contribution in [0.3, 0.4) is 0 Å². The molecule has 0 saturated heterocycles. The first kappa shape index (κ1) is 16.5. The lowest BCUT2D eigenvalue weighted by Crippen LogP contribution is -2.21. The molecule has 0 fully saturated rings. The molecule has 3 aromatic rings. The molecule has 126 valence electrons. The number of carbonyl (C=O) groups excluding carboxylic acids is 1. The summed E-state index contributed by atoms with van der Waals surface area (Å²) in [7, 11) is 0. The lowest BCUT2D eigenvalue weighted by Gasteiger charge is -2.09. The van der Waals surface area contributed by atoms with E-state index in [2.05, 4.69) is 10.6 Å². The van der Waals surface area contributed by atoms with Gasteiger partial charge in [-0.2, -0.15) is 0 Å². The molecule has 2 N–H and O–H groups in total. The highest BCUT2D eigenvalue weighted by atomic mass is 19.1. The van der Waals surface area contributed by atoms with Gasteiger partial charge in [0.25, 0.3) is 0 Å². The lowest BCUT2D eigenvalue weighted by atomic mass is 10.3. The average molecular weight is 336 g/mol. The minimum atomic E-state index is -0.348. The molecule has 0 radical (unpaired) electrons. The van der Waals surface area contributed by atoms with E-state index in [-0.39, 0.29) is 18.3 Å². The molecule has 0 aliphatic heterocycles. The Balaban J connectivity index is 1.51. The summed E-state index contributed by atoms with van der Waals surface area (Å²) in [4.78, 5) is 11.9. The highest BCUT2D eigenvalue weighted by Gasteiger charge is 2.04. The van der Waals surface area contributed by atoms with E-state index in [0.29, 0.717) is 17.1 Å². The third-order valence-corrected chi connectivity index (χ3v) is 3.39. The van der Waals surface area contributed by atoms with Gasteiger partial charge in [-0.25, -0.2) is 4.39 Å². The second-order valence-corrected chi connectivity index (χ2v) is 5.35. The molecule has 3 rings (SSSR count). The summed E-state index contributed by atoms with van der Waals surface area (Å²) in [5.74, 6) is 0.862. The first-order valence-corrected chi connectivity index (χ1v) is 7.81. The van der Waals surface area contributed by atoms with E-state index < -0.39 is 0 Å². The fourth-order valence-corrected chi connectivity index (χ4v) is 2.22. The van der Waals surface area contributed by atoms with Gasteiger partial charge < -0.3 is 15.4 Å². The summed E-state index contributed by atoms with van der Waals surface area (Å²) in [6, 6.07) is 22.5. The van der Waals surface area contributed by atoms with Crippen molar-refractivity contribution < 1.29 is 13.9 Å². The molecule has 0 bridgehead atoms. The molecule has 0 saturated carbocycles. The van der Waals surface area contributed by atoms with Gasteiger partial charge in [-0.05, 0) is 54.6 Å². The SMILES string of the molecule is O=C(CNc1cccc(F)c1)Nc1ccc(Oc2ccccc2)cc1. The predicted molar refractivity (Wildman–Crippen MR) is 96.5 cm³/mol. The minimum Gasteiger partial charge on any atom is -0.457 e. The number of hydrogen-bond acceptors (Lipinski definition) is 3. The van der Waals surface area contributed by atoms with Crippen molar-refractivity contribution in [3.05, 3.63) is 84.7 Å². The number of ether oxygens (including phenoxy) is 1. The molecule has 25 heavy (non-hydrogen) atoms. The van der Waals surface area contributed by atoms with Gasteiger partial charge in [-0.15, -0.1) is 0 Å². The number of halogens is 1. The van der Waals surface area contributed by atoms with Crippen molar-refractivity contribution in [1.29, 1.82) is 0 Å². The van der Waals surface area contributed by atoms with Crippen LogP contribution >= 0.6 is 0 Å². The van der Waals surface area contributed by atoms with Crippen molar-refractivity contribution in [1.82, 2.24) is 0 Å². The average Bonchev–Trinajstić information content (AvgIpc) is 2.63. The van der Waals surface area contributed by atoms with Gasteiger partial charge in [-0.3, -0.25) is 4.79 Å². The Morgan fingerprint density at radius 1 is 0.840 bits per heavy atom. The van der Waals surface area contributed by atoms with Crippen LogP contribution in [0.25, 0.3) is 0 Å². The fraction of sp³-hybridized carbons (Fsp3) is 0.0500. The highest BCUT2D eigenvalue weighted by Crippen LogP contribution is 2.22. The number of rotatable bonds is 6. The standard InChI is InChI=1S/C20H17FN2O2/c21-15-5-4-6-17(13-15)22-14-20(24)23-16-9-11-19(12-10-16)25-18-7-2-1-3-8-18/h1-13,22H,14H2,(H,23,24). The van der Waals surface area contributed by atoms with Crippen molar-refractivity contribution in [2.24, 2.45) is 0 Å². The Kier molecular flexibility index (Phi) is 5.26. The van der Waals surface area contributed by atoms with Crippen LogP contribution in [0, 0.1) is 5.82 Å². The first-order chi connectivity index (χ1) is 12.2. The van der Waals surface area contributed by atoms with Gasteiger partial charge in [0.15, 0.2) is 0 Å². The Morgan fingerprint density at radius 2 is 1.56 bits per heavy atom. The Morgan fingerprint density at radius 3 is 2.28 bits per heavy atom. The van der Waals surface area contributed by atoms with Crippen molar-refractivity contribution >= 4 is 17.3 Å². The van der Waals surface area contributed by atoms with Crippen LogP contribution in [0.1, 0.15) is 0 Å². The maximum absolute atomic E-state index is 13.1. The van der Waals surface area contributed by atoms with Crippen LogP contribution < -0.4 is 15.4 Å². The third-order valence-electron chi connectivity index (χ3n) is 3.39. The molecule has 0 heterocycles. The van der Waals surface area contributed by atoms with E-state index in [0.717, 1.165) is 5.75 Å². The maximum atomic E-state index is 13.1. The van der Waals surface area contributed by atoms with Crippen LogP contribution in [0.4, 0.5) is 15.8 Å². The van der Waals surface area contributed by atoms with Crippen molar-refractivity contribution in [3.8, 4) is 11.5 Å². The number of carbonyl (C=O) groups is 1. The van der Waals surface area contributed by atoms with Crippen LogP contribution in [-0.4, -0.2) is 12.5 Å². The zero-order valence-corrected chi connectivity index (χ0v) is 13.4. The molecule has 0 spiro atoms. The Hall–Kier alpha value is -3.34. The summed E-state index contributed by atoms with van der Waals surface area (Å²) in [5, 5.41) is 5.64. The summed E-state index contributed by atoms with van der Waals surface area (Å²) in [6.07, 6.45) is 0.